The van der Waals surface area contributed by atoms with Crippen LogP contribution in [0.1, 0.15) is 26.3 Å². The number of allylic oxidation sites excluding steroid dienone is 1. The van der Waals surface area contributed by atoms with Gasteiger partial charge in [-0.3, -0.25) is 4.99 Å². The number of carbonyl (C=O) groups is 1. The SMILES string of the molecule is CCOC(=O)[C@@H](N=C/C=C/c1ccccc1)C(C)C. The van der Waals surface area contributed by atoms with Crippen LogP contribution in [0.15, 0.2) is 41.4 Å². The van der Waals surface area contributed by atoms with Crippen LogP contribution in [0.2, 0.25) is 0 Å². The average Bonchev–Trinajstić information content (AvgIpc) is 2.39. The molecule has 1 aromatic carbocycles. The number of benzene rings is 1. The third-order valence-corrected chi connectivity index (χ3v) is 2.58. The summed E-state index contributed by atoms with van der Waals surface area (Å²) in [6.07, 6.45) is 5.45. The Bertz CT molecular complexity index is 435. The highest BCUT2D eigenvalue weighted by atomic mass is 16.5. The first kappa shape index (κ1) is 15.2. The van der Waals surface area contributed by atoms with Gasteiger partial charge in [-0.2, -0.15) is 0 Å². The molecule has 0 spiro atoms. The van der Waals surface area contributed by atoms with Crippen LogP contribution < -0.4 is 0 Å². The number of nitrogens with zero attached hydrogens (tertiary/aromatic N) is 1. The number of carbonyl (C=O) groups excluding carboxylic acids is 1. The lowest BCUT2D eigenvalue weighted by atomic mass is 10.1. The number of ether oxygens (including phenoxy) is 1. The summed E-state index contributed by atoms with van der Waals surface area (Å²) in [7, 11) is 0. The van der Waals surface area contributed by atoms with Crippen molar-refractivity contribution in [2.24, 2.45) is 10.9 Å². The summed E-state index contributed by atoms with van der Waals surface area (Å²) in [4.78, 5) is 16.0. The minimum Gasteiger partial charge on any atom is -0.464 e. The molecular weight excluding hydrogens is 238 g/mol. The monoisotopic (exact) mass is 259 g/mol. The molecule has 19 heavy (non-hydrogen) atoms. The van der Waals surface area contributed by atoms with Crippen molar-refractivity contribution in [1.29, 1.82) is 0 Å². The minimum atomic E-state index is -0.430. The topological polar surface area (TPSA) is 38.7 Å². The van der Waals surface area contributed by atoms with Gasteiger partial charge >= 0.3 is 5.97 Å². The lowest BCUT2D eigenvalue weighted by Gasteiger charge is -2.13. The van der Waals surface area contributed by atoms with Gasteiger partial charge < -0.3 is 4.74 Å². The summed E-state index contributed by atoms with van der Waals surface area (Å²) < 4.78 is 5.00. The van der Waals surface area contributed by atoms with Gasteiger partial charge in [0.05, 0.1) is 6.61 Å². The molecule has 0 radical (unpaired) electrons. The fourth-order valence-corrected chi connectivity index (χ4v) is 1.59. The summed E-state index contributed by atoms with van der Waals surface area (Å²) in [5.41, 5.74) is 1.10. The number of hydrogen-bond acceptors (Lipinski definition) is 3. The zero-order chi connectivity index (χ0) is 14.1. The summed E-state index contributed by atoms with van der Waals surface area (Å²) in [6.45, 7) is 6.10. The summed E-state index contributed by atoms with van der Waals surface area (Å²) >= 11 is 0. The molecule has 0 saturated heterocycles. The van der Waals surface area contributed by atoms with Crippen LogP contribution in [-0.4, -0.2) is 24.8 Å². The smallest absolute Gasteiger partial charge is 0.331 e. The average molecular weight is 259 g/mol. The highest BCUT2D eigenvalue weighted by Crippen LogP contribution is 2.08. The van der Waals surface area contributed by atoms with Crippen molar-refractivity contribution in [1.82, 2.24) is 0 Å². The van der Waals surface area contributed by atoms with Crippen LogP contribution in [0.3, 0.4) is 0 Å². The fraction of sp³-hybridized carbons (Fsp3) is 0.375. The Hall–Kier alpha value is -1.90. The van der Waals surface area contributed by atoms with Crippen molar-refractivity contribution in [3.8, 4) is 0 Å². The van der Waals surface area contributed by atoms with Crippen LogP contribution in [-0.2, 0) is 9.53 Å². The van der Waals surface area contributed by atoms with Gasteiger partial charge in [0.1, 0.15) is 6.04 Å². The van der Waals surface area contributed by atoms with E-state index in [-0.39, 0.29) is 11.9 Å². The standard InChI is InChI=1S/C16H21NO2/c1-4-19-16(18)15(13(2)3)17-12-8-11-14-9-6-5-7-10-14/h5-13,15H,4H2,1-3H3/b11-8+,17-12?/t15-/m0/s1. The van der Waals surface area contributed by atoms with E-state index in [1.807, 2.05) is 56.3 Å². The maximum atomic E-state index is 11.7. The van der Waals surface area contributed by atoms with Gasteiger partial charge in [-0.1, -0.05) is 50.3 Å². The molecule has 1 rings (SSSR count). The van der Waals surface area contributed by atoms with Gasteiger partial charge in [-0.05, 0) is 24.5 Å². The van der Waals surface area contributed by atoms with E-state index in [9.17, 15) is 4.79 Å². The van der Waals surface area contributed by atoms with Crippen LogP contribution in [0.5, 0.6) is 0 Å². The Labute approximate surface area is 115 Å². The second-order valence-corrected chi connectivity index (χ2v) is 4.51. The molecule has 0 unspecified atom stereocenters. The van der Waals surface area contributed by atoms with Crippen molar-refractivity contribution in [3.63, 3.8) is 0 Å². The van der Waals surface area contributed by atoms with Crippen molar-refractivity contribution >= 4 is 18.3 Å². The van der Waals surface area contributed by atoms with Crippen molar-refractivity contribution in [2.75, 3.05) is 6.61 Å². The summed E-state index contributed by atoms with van der Waals surface area (Å²) in [5.74, 6) is -0.137. The summed E-state index contributed by atoms with van der Waals surface area (Å²) in [6, 6.07) is 9.52. The maximum absolute atomic E-state index is 11.7. The second kappa shape index (κ2) is 8.25. The van der Waals surface area contributed by atoms with Crippen molar-refractivity contribution in [2.45, 2.75) is 26.8 Å². The zero-order valence-corrected chi connectivity index (χ0v) is 11.7. The molecule has 0 saturated carbocycles. The Balaban J connectivity index is 2.62. The van der Waals surface area contributed by atoms with Gasteiger partial charge in [-0.15, -0.1) is 0 Å². The largest absolute Gasteiger partial charge is 0.464 e. The summed E-state index contributed by atoms with van der Waals surface area (Å²) in [5, 5.41) is 0. The molecule has 0 fully saturated rings. The van der Waals surface area contributed by atoms with E-state index < -0.39 is 6.04 Å². The van der Waals surface area contributed by atoms with Crippen molar-refractivity contribution in [3.05, 3.63) is 42.0 Å². The van der Waals surface area contributed by atoms with Gasteiger partial charge in [0.2, 0.25) is 0 Å². The van der Waals surface area contributed by atoms with Gasteiger partial charge in [-0.25, -0.2) is 4.79 Å². The third kappa shape index (κ3) is 5.51. The molecule has 0 bridgehead atoms. The van der Waals surface area contributed by atoms with E-state index in [2.05, 4.69) is 4.99 Å². The van der Waals surface area contributed by atoms with Gasteiger partial charge in [0, 0.05) is 6.21 Å². The number of hydrogen-bond donors (Lipinski definition) is 0. The molecule has 1 aromatic rings. The molecule has 0 aliphatic rings. The Morgan fingerprint density at radius 3 is 2.58 bits per heavy atom. The molecule has 0 aliphatic carbocycles. The van der Waals surface area contributed by atoms with Crippen LogP contribution in [0.25, 0.3) is 6.08 Å². The Morgan fingerprint density at radius 2 is 2.00 bits per heavy atom. The molecule has 0 amide bonds. The zero-order valence-electron chi connectivity index (χ0n) is 11.7. The Kier molecular flexibility index (Phi) is 6.58. The van der Waals surface area contributed by atoms with E-state index in [4.69, 9.17) is 4.74 Å². The third-order valence-electron chi connectivity index (χ3n) is 2.58. The van der Waals surface area contributed by atoms with E-state index in [1.165, 1.54) is 0 Å². The quantitative estimate of drug-likeness (QED) is 0.580. The van der Waals surface area contributed by atoms with Crippen LogP contribution in [0, 0.1) is 5.92 Å². The predicted molar refractivity (Wildman–Crippen MR) is 79.2 cm³/mol. The molecular formula is C16H21NO2. The lowest BCUT2D eigenvalue weighted by Crippen LogP contribution is -2.26. The maximum Gasteiger partial charge on any atom is 0.331 e. The molecule has 102 valence electrons. The second-order valence-electron chi connectivity index (χ2n) is 4.51. The lowest BCUT2D eigenvalue weighted by molar-refractivity contribution is -0.145. The molecule has 0 heterocycles. The Morgan fingerprint density at radius 1 is 1.32 bits per heavy atom. The minimum absolute atomic E-state index is 0.125. The fourth-order valence-electron chi connectivity index (χ4n) is 1.59. The van der Waals surface area contributed by atoms with Crippen LogP contribution in [0.4, 0.5) is 0 Å². The molecule has 3 heteroatoms. The highest BCUT2D eigenvalue weighted by molar-refractivity contribution is 5.83. The first-order valence-corrected chi connectivity index (χ1v) is 6.56. The molecule has 3 nitrogen and oxygen atoms in total. The van der Waals surface area contributed by atoms with E-state index >= 15 is 0 Å². The molecule has 0 aromatic heterocycles. The van der Waals surface area contributed by atoms with E-state index in [1.54, 1.807) is 13.1 Å². The number of esters is 1. The van der Waals surface area contributed by atoms with Crippen molar-refractivity contribution < 1.29 is 9.53 Å². The first-order valence-electron chi connectivity index (χ1n) is 6.56. The first-order chi connectivity index (χ1) is 9.15. The predicted octanol–water partition coefficient (Wildman–Crippen LogP) is 3.36. The number of aliphatic imine (C=N–C) groups is 1. The van der Waals surface area contributed by atoms with E-state index in [0.29, 0.717) is 6.61 Å². The molecule has 0 N–H and O–H groups in total. The number of rotatable bonds is 6. The van der Waals surface area contributed by atoms with E-state index in [0.717, 1.165) is 5.56 Å². The highest BCUT2D eigenvalue weighted by Gasteiger charge is 2.21. The molecule has 0 aliphatic heterocycles. The van der Waals surface area contributed by atoms with Gasteiger partial charge in [0.15, 0.2) is 0 Å². The van der Waals surface area contributed by atoms with Crippen LogP contribution >= 0.6 is 0 Å². The molecule has 1 atom stereocenters. The van der Waals surface area contributed by atoms with Gasteiger partial charge in [0.25, 0.3) is 0 Å². The normalized spacial score (nSPS) is 13.3.